The molecule has 110 valence electrons. The molecule has 0 saturated heterocycles. The minimum atomic E-state index is 0.709. The van der Waals surface area contributed by atoms with Gasteiger partial charge >= 0.3 is 0 Å². The van der Waals surface area contributed by atoms with Crippen molar-refractivity contribution in [3.8, 4) is 0 Å². The van der Waals surface area contributed by atoms with E-state index >= 15 is 0 Å². The molecular formula is C17H12N6. The third-order valence-electron chi connectivity index (χ3n) is 4.03. The number of hydrogen-bond acceptors (Lipinski definition) is 5. The summed E-state index contributed by atoms with van der Waals surface area (Å²) >= 11 is 0. The lowest BCUT2D eigenvalue weighted by molar-refractivity contribution is 1.06. The summed E-state index contributed by atoms with van der Waals surface area (Å²) in [5.41, 5.74) is 4.86. The van der Waals surface area contributed by atoms with Gasteiger partial charge in [-0.25, -0.2) is 19.9 Å². The lowest BCUT2D eigenvalue weighted by Crippen LogP contribution is -1.99. The summed E-state index contributed by atoms with van der Waals surface area (Å²) in [7, 11) is 0. The van der Waals surface area contributed by atoms with Gasteiger partial charge in [-0.15, -0.1) is 0 Å². The number of rotatable bonds is 0. The zero-order valence-electron chi connectivity index (χ0n) is 12.6. The van der Waals surface area contributed by atoms with Gasteiger partial charge < -0.3 is 0 Å². The van der Waals surface area contributed by atoms with Crippen LogP contribution in [0.5, 0.6) is 0 Å². The highest BCUT2D eigenvalue weighted by Crippen LogP contribution is 2.29. The number of pyridine rings is 1. The first-order valence-electron chi connectivity index (χ1n) is 7.38. The number of hydrogen-bond donors (Lipinski definition) is 0. The van der Waals surface area contributed by atoms with Crippen molar-refractivity contribution in [2.45, 2.75) is 13.8 Å². The van der Waals surface area contributed by atoms with Crippen LogP contribution >= 0.6 is 0 Å². The van der Waals surface area contributed by atoms with Crippen molar-refractivity contribution in [1.29, 1.82) is 0 Å². The Kier molecular flexibility index (Phi) is 2.26. The van der Waals surface area contributed by atoms with Gasteiger partial charge in [0.15, 0.2) is 11.3 Å². The third kappa shape index (κ3) is 1.60. The summed E-state index contributed by atoms with van der Waals surface area (Å²) in [6.45, 7) is 3.81. The molecule has 4 aromatic heterocycles. The molecule has 5 aromatic rings. The molecule has 0 amide bonds. The Morgan fingerprint density at radius 2 is 1.61 bits per heavy atom. The number of benzene rings is 1. The van der Waals surface area contributed by atoms with Crippen molar-refractivity contribution in [2.24, 2.45) is 0 Å². The molecule has 0 spiro atoms. The molecule has 1 aromatic carbocycles. The Morgan fingerprint density at radius 3 is 2.48 bits per heavy atom. The second-order valence-corrected chi connectivity index (χ2v) is 5.63. The minimum absolute atomic E-state index is 0.709. The van der Waals surface area contributed by atoms with Crippen molar-refractivity contribution >= 4 is 38.7 Å². The van der Waals surface area contributed by atoms with Crippen LogP contribution in [0.4, 0.5) is 0 Å². The van der Waals surface area contributed by atoms with Crippen LogP contribution in [0.1, 0.15) is 11.5 Å². The summed E-state index contributed by atoms with van der Waals surface area (Å²) in [5.74, 6) is 0.709. The third-order valence-corrected chi connectivity index (χ3v) is 4.03. The zero-order chi connectivity index (χ0) is 15.6. The van der Waals surface area contributed by atoms with Crippen LogP contribution in [-0.2, 0) is 0 Å². The smallest absolute Gasteiger partial charge is 0.169 e. The second kappa shape index (κ2) is 4.19. The first-order valence-corrected chi connectivity index (χ1v) is 7.38. The maximum absolute atomic E-state index is 4.73. The average molecular weight is 300 g/mol. The van der Waals surface area contributed by atoms with Crippen LogP contribution in [0.15, 0.2) is 36.7 Å². The normalized spacial score (nSPS) is 11.9. The molecular weight excluding hydrogens is 288 g/mol. The number of fused-ring (bicyclic) bond motifs is 8. The van der Waals surface area contributed by atoms with Crippen molar-refractivity contribution in [3.63, 3.8) is 0 Å². The Bertz CT molecular complexity index is 1240. The number of aryl methyl sites for hydroxylation is 2. The van der Waals surface area contributed by atoms with Gasteiger partial charge in [0.25, 0.3) is 0 Å². The van der Waals surface area contributed by atoms with Crippen LogP contribution in [0, 0.1) is 13.8 Å². The van der Waals surface area contributed by atoms with Gasteiger partial charge in [-0.3, -0.25) is 9.38 Å². The fourth-order valence-corrected chi connectivity index (χ4v) is 3.04. The van der Waals surface area contributed by atoms with Crippen LogP contribution in [0.25, 0.3) is 38.7 Å². The molecule has 0 N–H and O–H groups in total. The molecule has 4 heterocycles. The lowest BCUT2D eigenvalue weighted by Gasteiger charge is -2.07. The van der Waals surface area contributed by atoms with E-state index in [0.29, 0.717) is 5.82 Å². The van der Waals surface area contributed by atoms with Gasteiger partial charge in [-0.2, -0.15) is 0 Å². The van der Waals surface area contributed by atoms with Gasteiger partial charge in [0.1, 0.15) is 22.5 Å². The fraction of sp³-hybridized carbons (Fsp3) is 0.118. The predicted molar refractivity (Wildman–Crippen MR) is 88.4 cm³/mol. The number of aromatic nitrogens is 6. The van der Waals surface area contributed by atoms with E-state index in [2.05, 4.69) is 27.1 Å². The Balaban J connectivity index is 2.21. The van der Waals surface area contributed by atoms with E-state index in [9.17, 15) is 0 Å². The molecule has 0 aliphatic carbocycles. The molecule has 0 bridgehead atoms. The molecule has 5 rings (SSSR count). The number of imidazole rings is 1. The van der Waals surface area contributed by atoms with Crippen LogP contribution in [-0.4, -0.2) is 29.3 Å². The zero-order valence-corrected chi connectivity index (χ0v) is 12.6. The molecule has 0 saturated carbocycles. The number of nitrogens with zero attached hydrogens (tertiary/aromatic N) is 6. The van der Waals surface area contributed by atoms with Crippen LogP contribution in [0.2, 0.25) is 0 Å². The standard InChI is InChI=1S/C17H12N6/c1-9-7-19-14-11-5-3-4-6-12(11)15-22-13-8-18-10(2)21-16(13)23(15)17(14)20-9/h3-8H,1-2H3. The van der Waals surface area contributed by atoms with E-state index < -0.39 is 0 Å². The minimum Gasteiger partial charge on any atom is -0.258 e. The Hall–Kier alpha value is -3.15. The Labute approximate surface area is 130 Å². The molecule has 0 fully saturated rings. The topological polar surface area (TPSA) is 68.9 Å². The van der Waals surface area contributed by atoms with Gasteiger partial charge in [0, 0.05) is 17.0 Å². The molecule has 0 radical (unpaired) electrons. The first-order chi connectivity index (χ1) is 11.2. The molecule has 0 aliphatic heterocycles. The van der Waals surface area contributed by atoms with Crippen molar-refractivity contribution in [1.82, 2.24) is 29.3 Å². The summed E-state index contributed by atoms with van der Waals surface area (Å²) in [6.07, 6.45) is 3.55. The maximum atomic E-state index is 4.73. The van der Waals surface area contributed by atoms with E-state index in [4.69, 9.17) is 9.97 Å². The van der Waals surface area contributed by atoms with E-state index in [1.54, 1.807) is 12.4 Å². The first kappa shape index (κ1) is 12.4. The molecule has 0 aliphatic rings. The van der Waals surface area contributed by atoms with Crippen molar-refractivity contribution in [3.05, 3.63) is 48.2 Å². The molecule has 6 nitrogen and oxygen atoms in total. The van der Waals surface area contributed by atoms with E-state index in [1.165, 1.54) is 0 Å². The molecule has 6 heteroatoms. The molecule has 0 atom stereocenters. The quantitative estimate of drug-likeness (QED) is 0.411. The molecule has 0 unspecified atom stereocenters. The van der Waals surface area contributed by atoms with Crippen molar-refractivity contribution < 1.29 is 0 Å². The highest BCUT2D eigenvalue weighted by atomic mass is 15.1. The largest absolute Gasteiger partial charge is 0.258 e. The fourth-order valence-electron chi connectivity index (χ4n) is 3.04. The highest BCUT2D eigenvalue weighted by Gasteiger charge is 2.16. The average Bonchev–Trinajstić information content (AvgIpc) is 2.94. The summed E-state index contributed by atoms with van der Waals surface area (Å²) in [5, 5.41) is 2.08. The van der Waals surface area contributed by atoms with Gasteiger partial charge in [-0.05, 0) is 13.8 Å². The monoisotopic (exact) mass is 300 g/mol. The van der Waals surface area contributed by atoms with E-state index in [0.717, 1.165) is 44.4 Å². The van der Waals surface area contributed by atoms with Gasteiger partial charge in [-0.1, -0.05) is 24.3 Å². The van der Waals surface area contributed by atoms with Gasteiger partial charge in [0.2, 0.25) is 0 Å². The SMILES string of the molecule is Cc1cnc2c3ccccc3c3nc4cnc(C)nc4n3c2n1. The Morgan fingerprint density at radius 1 is 0.783 bits per heavy atom. The second-order valence-electron chi connectivity index (χ2n) is 5.63. The van der Waals surface area contributed by atoms with E-state index in [1.807, 2.05) is 30.4 Å². The maximum Gasteiger partial charge on any atom is 0.169 e. The lowest BCUT2D eigenvalue weighted by atomic mass is 10.1. The highest BCUT2D eigenvalue weighted by molar-refractivity contribution is 6.10. The summed E-state index contributed by atoms with van der Waals surface area (Å²) in [4.78, 5) is 22.9. The molecule has 23 heavy (non-hydrogen) atoms. The predicted octanol–water partition coefficient (Wildman–Crippen LogP) is 2.99. The van der Waals surface area contributed by atoms with Crippen molar-refractivity contribution in [2.75, 3.05) is 0 Å². The van der Waals surface area contributed by atoms with Crippen LogP contribution in [0.3, 0.4) is 0 Å². The van der Waals surface area contributed by atoms with E-state index in [-0.39, 0.29) is 0 Å². The summed E-state index contributed by atoms with van der Waals surface area (Å²) < 4.78 is 1.99. The van der Waals surface area contributed by atoms with Crippen LogP contribution < -0.4 is 0 Å². The van der Waals surface area contributed by atoms with Gasteiger partial charge in [0.05, 0.1) is 11.9 Å². The summed E-state index contributed by atoms with van der Waals surface area (Å²) in [6, 6.07) is 8.12.